The first-order valence-electron chi connectivity index (χ1n) is 6.41. The highest BCUT2D eigenvalue weighted by Crippen LogP contribution is 2.34. The smallest absolute Gasteiger partial charge is 0.134 e. The number of hydrogen-bond acceptors (Lipinski definition) is 3. The van der Waals surface area contributed by atoms with E-state index in [0.717, 1.165) is 40.8 Å². The second-order valence-electron chi connectivity index (χ2n) is 4.64. The Bertz CT molecular complexity index is 598. The molecule has 0 aliphatic carbocycles. The number of hydrogen-bond donors (Lipinski definition) is 2. The van der Waals surface area contributed by atoms with Gasteiger partial charge in [-0.05, 0) is 31.0 Å². The number of likely N-dealkylation sites (N-methyl/N-ethyl adjacent to an activating group) is 1. The summed E-state index contributed by atoms with van der Waals surface area (Å²) in [4.78, 5) is 0. The molecule has 0 saturated heterocycles. The molecule has 1 aromatic carbocycles. The zero-order valence-electron chi connectivity index (χ0n) is 11.3. The average Bonchev–Trinajstić information content (AvgIpc) is 2.82. The first-order valence-corrected chi connectivity index (χ1v) is 6.41. The van der Waals surface area contributed by atoms with E-state index in [9.17, 15) is 0 Å². The summed E-state index contributed by atoms with van der Waals surface area (Å²) in [5.74, 6) is 0.200. The normalized spacial score (nSPS) is 12.3. The van der Waals surface area contributed by atoms with E-state index in [1.807, 2.05) is 31.3 Å². The van der Waals surface area contributed by atoms with E-state index >= 15 is 0 Å². The van der Waals surface area contributed by atoms with E-state index in [1.165, 1.54) is 0 Å². The first-order chi connectivity index (χ1) is 9.17. The van der Waals surface area contributed by atoms with Crippen LogP contribution in [0.4, 0.5) is 5.69 Å². The summed E-state index contributed by atoms with van der Waals surface area (Å²) in [6, 6.07) is 5.71. The van der Waals surface area contributed by atoms with Gasteiger partial charge in [0.25, 0.3) is 0 Å². The highest BCUT2D eigenvalue weighted by atomic mass is 16.3. The summed E-state index contributed by atoms with van der Waals surface area (Å²) in [7, 11) is 1.89. The van der Waals surface area contributed by atoms with Gasteiger partial charge in [0.2, 0.25) is 0 Å². The molecule has 1 unspecified atom stereocenters. The van der Waals surface area contributed by atoms with E-state index in [0.29, 0.717) is 0 Å². The molecule has 0 aliphatic heterocycles. The maximum absolute atomic E-state index is 5.86. The van der Waals surface area contributed by atoms with Gasteiger partial charge in [0.15, 0.2) is 0 Å². The lowest BCUT2D eigenvalue weighted by Gasteiger charge is -2.18. The monoisotopic (exact) mass is 256 g/mol. The van der Waals surface area contributed by atoms with E-state index in [2.05, 4.69) is 18.5 Å². The summed E-state index contributed by atoms with van der Waals surface area (Å²) in [5, 5.41) is 4.20. The van der Waals surface area contributed by atoms with E-state index in [4.69, 9.17) is 10.2 Å². The molecule has 1 heterocycles. The number of fused-ring (bicyclic) bond motifs is 1. The summed E-state index contributed by atoms with van der Waals surface area (Å²) < 4.78 is 5.61. The van der Waals surface area contributed by atoms with Crippen LogP contribution < -0.4 is 11.1 Å². The van der Waals surface area contributed by atoms with Crippen molar-refractivity contribution in [1.82, 2.24) is 5.32 Å². The van der Waals surface area contributed by atoms with Gasteiger partial charge in [-0.25, -0.2) is 0 Å². The van der Waals surface area contributed by atoms with Crippen molar-refractivity contribution in [3.63, 3.8) is 0 Å². The van der Waals surface area contributed by atoms with Gasteiger partial charge in [-0.1, -0.05) is 12.7 Å². The number of anilines is 1. The van der Waals surface area contributed by atoms with E-state index < -0.39 is 0 Å². The second-order valence-corrected chi connectivity index (χ2v) is 4.64. The van der Waals surface area contributed by atoms with Crippen molar-refractivity contribution in [2.45, 2.75) is 18.8 Å². The molecule has 0 fully saturated rings. The van der Waals surface area contributed by atoms with Crippen LogP contribution in [0.25, 0.3) is 11.0 Å². The molecule has 0 radical (unpaired) electrons. The lowest BCUT2D eigenvalue weighted by atomic mass is 9.91. The Hall–Kier alpha value is -2.16. The molecule has 3 N–H and O–H groups in total. The standard InChI is InChI=1S/C16H20N2O/c1-4-5-6-13(11(2)18-3)15-10-19-16-8-7-12(17)9-14(15)16/h4,7-10,13,18H,1-2,5-6,17H2,3H3. The molecule has 3 heteroatoms. The number of furan rings is 1. The third-order valence-corrected chi connectivity index (χ3v) is 3.40. The molecule has 0 bridgehead atoms. The maximum atomic E-state index is 5.86. The molecule has 0 spiro atoms. The summed E-state index contributed by atoms with van der Waals surface area (Å²) in [6.45, 7) is 7.88. The molecule has 0 amide bonds. The first kappa shape index (κ1) is 13.3. The van der Waals surface area contributed by atoms with Crippen molar-refractivity contribution in [2.24, 2.45) is 0 Å². The highest BCUT2D eigenvalue weighted by molar-refractivity contribution is 5.85. The Morgan fingerprint density at radius 2 is 2.32 bits per heavy atom. The maximum Gasteiger partial charge on any atom is 0.134 e. The van der Waals surface area contributed by atoms with Crippen LogP contribution in [0.15, 0.2) is 53.8 Å². The highest BCUT2D eigenvalue weighted by Gasteiger charge is 2.19. The Morgan fingerprint density at radius 1 is 1.53 bits per heavy atom. The van der Waals surface area contributed by atoms with Crippen molar-refractivity contribution in [2.75, 3.05) is 12.8 Å². The van der Waals surface area contributed by atoms with E-state index in [1.54, 1.807) is 6.26 Å². The number of rotatable bonds is 6. The van der Waals surface area contributed by atoms with Gasteiger partial charge >= 0.3 is 0 Å². The molecule has 0 saturated carbocycles. The molecular formula is C16H20N2O. The number of benzene rings is 1. The number of nitrogens with two attached hydrogens (primary N) is 1. The van der Waals surface area contributed by atoms with Crippen LogP contribution in [-0.4, -0.2) is 7.05 Å². The van der Waals surface area contributed by atoms with Crippen LogP contribution in [0.5, 0.6) is 0 Å². The van der Waals surface area contributed by atoms with Crippen molar-refractivity contribution < 1.29 is 4.42 Å². The minimum atomic E-state index is 0.200. The van der Waals surface area contributed by atoms with Crippen LogP contribution in [0, 0.1) is 0 Å². The second kappa shape index (κ2) is 5.65. The van der Waals surface area contributed by atoms with Gasteiger partial charge in [-0.3, -0.25) is 0 Å². The number of nitrogens with one attached hydrogen (secondary N) is 1. The third-order valence-electron chi connectivity index (χ3n) is 3.40. The Balaban J connectivity index is 2.45. The van der Waals surface area contributed by atoms with Crippen LogP contribution in [0.2, 0.25) is 0 Å². The Kier molecular flexibility index (Phi) is 3.95. The van der Waals surface area contributed by atoms with Gasteiger partial charge in [0.05, 0.1) is 6.26 Å². The summed E-state index contributed by atoms with van der Waals surface area (Å²) in [6.07, 6.45) is 5.61. The van der Waals surface area contributed by atoms with Gasteiger partial charge in [-0.2, -0.15) is 0 Å². The molecule has 100 valence electrons. The van der Waals surface area contributed by atoms with Crippen LogP contribution >= 0.6 is 0 Å². The fourth-order valence-corrected chi connectivity index (χ4v) is 2.31. The molecular weight excluding hydrogens is 236 g/mol. The lowest BCUT2D eigenvalue weighted by molar-refractivity contribution is 0.596. The van der Waals surface area contributed by atoms with Gasteiger partial charge < -0.3 is 15.5 Å². The van der Waals surface area contributed by atoms with Crippen LogP contribution in [0.1, 0.15) is 24.3 Å². The fraction of sp³-hybridized carbons (Fsp3) is 0.250. The lowest BCUT2D eigenvalue weighted by Crippen LogP contribution is -2.13. The molecule has 1 aromatic heterocycles. The largest absolute Gasteiger partial charge is 0.464 e. The summed E-state index contributed by atoms with van der Waals surface area (Å²) in [5.41, 5.74) is 9.57. The van der Waals surface area contributed by atoms with Crippen LogP contribution in [0.3, 0.4) is 0 Å². The minimum Gasteiger partial charge on any atom is -0.464 e. The predicted molar refractivity (Wildman–Crippen MR) is 81.0 cm³/mol. The molecule has 3 nitrogen and oxygen atoms in total. The molecule has 1 atom stereocenters. The third kappa shape index (κ3) is 2.65. The average molecular weight is 256 g/mol. The van der Waals surface area contributed by atoms with Gasteiger partial charge in [0, 0.05) is 35.3 Å². The van der Waals surface area contributed by atoms with E-state index in [-0.39, 0.29) is 5.92 Å². The predicted octanol–water partition coefficient (Wildman–Crippen LogP) is 3.80. The van der Waals surface area contributed by atoms with Crippen LogP contribution in [-0.2, 0) is 0 Å². The molecule has 19 heavy (non-hydrogen) atoms. The van der Waals surface area contributed by atoms with Gasteiger partial charge in [0.1, 0.15) is 5.58 Å². The Morgan fingerprint density at radius 3 is 3.00 bits per heavy atom. The van der Waals surface area contributed by atoms with Crippen molar-refractivity contribution in [3.05, 3.63) is 55.0 Å². The van der Waals surface area contributed by atoms with Crippen molar-refractivity contribution in [1.29, 1.82) is 0 Å². The quantitative estimate of drug-likeness (QED) is 0.610. The topological polar surface area (TPSA) is 51.2 Å². The zero-order chi connectivity index (χ0) is 13.8. The van der Waals surface area contributed by atoms with Crippen molar-refractivity contribution in [3.8, 4) is 0 Å². The molecule has 2 rings (SSSR count). The number of nitrogen functional groups attached to an aromatic ring is 1. The SMILES string of the molecule is C=CCCC(C(=C)NC)c1coc2ccc(N)cc12. The summed E-state index contributed by atoms with van der Waals surface area (Å²) >= 11 is 0. The zero-order valence-corrected chi connectivity index (χ0v) is 11.3. The van der Waals surface area contributed by atoms with Gasteiger partial charge in [-0.15, -0.1) is 6.58 Å². The molecule has 2 aromatic rings. The fourth-order valence-electron chi connectivity index (χ4n) is 2.31. The Labute approximate surface area is 113 Å². The van der Waals surface area contributed by atoms with Crippen molar-refractivity contribution >= 4 is 16.7 Å². The minimum absolute atomic E-state index is 0.200. The number of allylic oxidation sites excluding steroid dienone is 2. The molecule has 0 aliphatic rings.